The van der Waals surface area contributed by atoms with E-state index in [-0.39, 0.29) is 16.7 Å². The summed E-state index contributed by atoms with van der Waals surface area (Å²) in [5, 5.41) is 3.67. The zero-order valence-corrected chi connectivity index (χ0v) is 19.7. The van der Waals surface area contributed by atoms with Crippen molar-refractivity contribution < 1.29 is 9.53 Å². The van der Waals surface area contributed by atoms with Gasteiger partial charge < -0.3 is 15.0 Å². The maximum atomic E-state index is 12.6. The molecule has 0 bridgehead atoms. The fourth-order valence-corrected chi connectivity index (χ4v) is 5.54. The number of hydrogen-bond donors (Lipinski definition) is 1. The van der Waals surface area contributed by atoms with E-state index in [1.54, 1.807) is 11.8 Å². The molecule has 0 aliphatic carbocycles. The number of thioether (sulfide) groups is 1. The van der Waals surface area contributed by atoms with E-state index in [0.717, 1.165) is 36.6 Å². The molecule has 2 aromatic rings. The lowest BCUT2D eigenvalue weighted by Crippen LogP contribution is -2.38. The van der Waals surface area contributed by atoms with Crippen LogP contribution in [0.15, 0.2) is 48.5 Å². The number of carbonyl (C=O) groups excluding carboxylic acids is 1. The van der Waals surface area contributed by atoms with E-state index in [2.05, 4.69) is 55.3 Å². The first-order valence-corrected chi connectivity index (χ1v) is 12.5. The van der Waals surface area contributed by atoms with Crippen LogP contribution in [0.2, 0.25) is 0 Å². The standard InChI is InChI=1S/C26H34N2O2S/c1-26(2,3)20-10-12-22(13-11-20)30-23-9-6-7-19(17-23)25-28(24(29)18-31-25)16-14-21-8-4-5-15-27-21/h6-7,9-13,17,21,25,27H,4-5,8,14-16,18H2,1-3H3. The topological polar surface area (TPSA) is 41.6 Å². The highest BCUT2D eigenvalue weighted by molar-refractivity contribution is 8.00. The average molecular weight is 439 g/mol. The second-order valence-electron chi connectivity index (χ2n) is 9.63. The normalized spacial score (nSPS) is 22.0. The molecule has 0 radical (unpaired) electrons. The minimum atomic E-state index is 0.0721. The van der Waals surface area contributed by atoms with E-state index in [4.69, 9.17) is 4.74 Å². The minimum absolute atomic E-state index is 0.0721. The Morgan fingerprint density at radius 1 is 1.10 bits per heavy atom. The maximum absolute atomic E-state index is 12.6. The van der Waals surface area contributed by atoms with Crippen molar-refractivity contribution in [3.63, 3.8) is 0 Å². The zero-order valence-electron chi connectivity index (χ0n) is 18.9. The van der Waals surface area contributed by atoms with Crippen molar-refractivity contribution in [3.05, 3.63) is 59.7 Å². The molecule has 166 valence electrons. The third-order valence-electron chi connectivity index (χ3n) is 6.20. The highest BCUT2D eigenvalue weighted by Crippen LogP contribution is 2.40. The molecule has 2 saturated heterocycles. The van der Waals surface area contributed by atoms with Crippen LogP contribution < -0.4 is 10.1 Å². The molecular weight excluding hydrogens is 404 g/mol. The number of ether oxygens (including phenoxy) is 1. The molecular formula is C26H34N2O2S. The number of carbonyl (C=O) groups is 1. The van der Waals surface area contributed by atoms with Crippen LogP contribution in [0.25, 0.3) is 0 Å². The molecule has 5 heteroatoms. The van der Waals surface area contributed by atoms with Gasteiger partial charge in [-0.25, -0.2) is 0 Å². The molecule has 4 nitrogen and oxygen atoms in total. The van der Waals surface area contributed by atoms with E-state index < -0.39 is 0 Å². The molecule has 2 heterocycles. The Hall–Kier alpha value is -1.98. The lowest BCUT2D eigenvalue weighted by Gasteiger charge is -2.29. The Morgan fingerprint density at radius 3 is 2.61 bits per heavy atom. The summed E-state index contributed by atoms with van der Waals surface area (Å²) in [4.78, 5) is 14.6. The highest BCUT2D eigenvalue weighted by atomic mass is 32.2. The lowest BCUT2D eigenvalue weighted by atomic mass is 9.87. The van der Waals surface area contributed by atoms with Gasteiger partial charge in [-0.05, 0) is 66.6 Å². The molecule has 2 unspecified atom stereocenters. The molecule has 2 atom stereocenters. The van der Waals surface area contributed by atoms with E-state index in [9.17, 15) is 4.79 Å². The highest BCUT2D eigenvalue weighted by Gasteiger charge is 2.33. The van der Waals surface area contributed by atoms with Gasteiger partial charge in [0.2, 0.25) is 5.91 Å². The van der Waals surface area contributed by atoms with Gasteiger partial charge in [0.1, 0.15) is 16.9 Å². The predicted molar refractivity (Wildman–Crippen MR) is 129 cm³/mol. The maximum Gasteiger partial charge on any atom is 0.233 e. The van der Waals surface area contributed by atoms with Crippen molar-refractivity contribution in [2.75, 3.05) is 18.8 Å². The van der Waals surface area contributed by atoms with Gasteiger partial charge in [0.05, 0.1) is 5.75 Å². The Kier molecular flexibility index (Phi) is 6.92. The van der Waals surface area contributed by atoms with Crippen molar-refractivity contribution in [2.24, 2.45) is 0 Å². The molecule has 2 aromatic carbocycles. The fraction of sp³-hybridized carbons (Fsp3) is 0.500. The minimum Gasteiger partial charge on any atom is -0.457 e. The first-order valence-electron chi connectivity index (χ1n) is 11.4. The molecule has 0 aromatic heterocycles. The lowest BCUT2D eigenvalue weighted by molar-refractivity contribution is -0.128. The first kappa shape index (κ1) is 22.2. The number of amides is 1. The van der Waals surface area contributed by atoms with Gasteiger partial charge in [-0.1, -0.05) is 51.5 Å². The first-order chi connectivity index (χ1) is 14.9. The van der Waals surface area contributed by atoms with Crippen molar-refractivity contribution in [3.8, 4) is 11.5 Å². The second kappa shape index (κ2) is 9.66. The van der Waals surface area contributed by atoms with E-state index in [0.29, 0.717) is 11.8 Å². The summed E-state index contributed by atoms with van der Waals surface area (Å²) in [5.74, 6) is 2.45. The molecule has 4 rings (SSSR count). The summed E-state index contributed by atoms with van der Waals surface area (Å²) in [6.45, 7) is 8.55. The van der Waals surface area contributed by atoms with Crippen LogP contribution in [0.3, 0.4) is 0 Å². The summed E-state index contributed by atoms with van der Waals surface area (Å²) in [5.41, 5.74) is 2.55. The van der Waals surface area contributed by atoms with Gasteiger partial charge in [0, 0.05) is 12.6 Å². The predicted octanol–water partition coefficient (Wildman–Crippen LogP) is 5.88. The van der Waals surface area contributed by atoms with E-state index in [1.807, 2.05) is 24.3 Å². The van der Waals surface area contributed by atoms with Crippen LogP contribution >= 0.6 is 11.8 Å². The largest absolute Gasteiger partial charge is 0.457 e. The number of nitrogens with zero attached hydrogens (tertiary/aromatic N) is 1. The van der Waals surface area contributed by atoms with Crippen LogP contribution in [0.4, 0.5) is 0 Å². The fourth-order valence-electron chi connectivity index (χ4n) is 4.33. The van der Waals surface area contributed by atoms with Gasteiger partial charge in [0.15, 0.2) is 0 Å². The number of nitrogens with one attached hydrogen (secondary N) is 1. The number of benzene rings is 2. The van der Waals surface area contributed by atoms with Crippen LogP contribution in [-0.2, 0) is 10.2 Å². The van der Waals surface area contributed by atoms with E-state index in [1.165, 1.54) is 24.8 Å². The zero-order chi connectivity index (χ0) is 21.8. The third-order valence-corrected chi connectivity index (χ3v) is 7.45. The molecule has 1 N–H and O–H groups in total. The van der Waals surface area contributed by atoms with Crippen molar-refractivity contribution in [1.82, 2.24) is 10.2 Å². The summed E-state index contributed by atoms with van der Waals surface area (Å²) in [6.07, 6.45) is 4.81. The van der Waals surface area contributed by atoms with Crippen molar-refractivity contribution >= 4 is 17.7 Å². The number of piperidine rings is 1. The van der Waals surface area contributed by atoms with Crippen molar-refractivity contribution in [2.45, 2.75) is 63.3 Å². The number of hydrogen-bond acceptors (Lipinski definition) is 4. The second-order valence-corrected chi connectivity index (χ2v) is 10.7. The molecule has 31 heavy (non-hydrogen) atoms. The Bertz CT molecular complexity index is 885. The molecule has 2 aliphatic heterocycles. The Labute approximate surface area is 190 Å². The summed E-state index contributed by atoms with van der Waals surface area (Å²) >= 11 is 1.72. The molecule has 1 amide bonds. The summed E-state index contributed by atoms with van der Waals surface area (Å²) < 4.78 is 6.14. The van der Waals surface area contributed by atoms with Gasteiger partial charge in [-0.3, -0.25) is 4.79 Å². The molecule has 0 saturated carbocycles. The summed E-state index contributed by atoms with van der Waals surface area (Å²) in [7, 11) is 0. The van der Waals surface area contributed by atoms with Crippen LogP contribution in [0.5, 0.6) is 11.5 Å². The van der Waals surface area contributed by atoms with Gasteiger partial charge in [-0.2, -0.15) is 0 Å². The van der Waals surface area contributed by atoms with Gasteiger partial charge in [0.25, 0.3) is 0 Å². The SMILES string of the molecule is CC(C)(C)c1ccc(Oc2cccc(C3SCC(=O)N3CCC3CCCCN3)c2)cc1. The smallest absolute Gasteiger partial charge is 0.233 e. The quantitative estimate of drug-likeness (QED) is 0.611. The number of rotatable bonds is 6. The Morgan fingerprint density at radius 2 is 1.90 bits per heavy atom. The van der Waals surface area contributed by atoms with E-state index >= 15 is 0 Å². The monoisotopic (exact) mass is 438 g/mol. The van der Waals surface area contributed by atoms with Gasteiger partial charge >= 0.3 is 0 Å². The molecule has 2 fully saturated rings. The molecule has 0 spiro atoms. The van der Waals surface area contributed by atoms with Gasteiger partial charge in [-0.15, -0.1) is 11.8 Å². The average Bonchev–Trinajstić information content (AvgIpc) is 3.13. The Balaban J connectivity index is 1.43. The van der Waals surface area contributed by atoms with Crippen LogP contribution in [0, 0.1) is 0 Å². The van der Waals surface area contributed by atoms with Crippen molar-refractivity contribution in [1.29, 1.82) is 0 Å². The van der Waals surface area contributed by atoms with Crippen LogP contribution in [0.1, 0.15) is 63.0 Å². The van der Waals surface area contributed by atoms with Crippen LogP contribution in [-0.4, -0.2) is 35.7 Å². The summed E-state index contributed by atoms with van der Waals surface area (Å²) in [6, 6.07) is 17.1. The third kappa shape index (κ3) is 5.64. The molecule has 2 aliphatic rings.